The molecule has 0 aromatic heterocycles. The third-order valence-electron chi connectivity index (χ3n) is 3.13. The maximum absolute atomic E-state index is 2.48. The van der Waals surface area contributed by atoms with Gasteiger partial charge in [-0.25, -0.2) is 0 Å². The van der Waals surface area contributed by atoms with E-state index < -0.39 is 0 Å². The standard InChI is InChI=1S/C14H24/c1-3-4-5-7-10-13(2)14-11-8-6-9-12-14/h4-5,11,13H,3,6-10,12H2,1-2H3. The second-order valence-corrected chi connectivity index (χ2v) is 4.38. The van der Waals surface area contributed by atoms with Gasteiger partial charge in [-0.15, -0.1) is 0 Å². The van der Waals surface area contributed by atoms with Crippen molar-refractivity contribution in [2.75, 3.05) is 0 Å². The molecule has 0 heteroatoms. The molecule has 0 saturated carbocycles. The van der Waals surface area contributed by atoms with E-state index in [0.29, 0.717) is 0 Å². The molecule has 0 heterocycles. The zero-order valence-corrected chi connectivity index (χ0v) is 9.76. The highest BCUT2D eigenvalue weighted by Gasteiger charge is 2.10. The lowest BCUT2D eigenvalue weighted by molar-refractivity contribution is 0.556. The van der Waals surface area contributed by atoms with Gasteiger partial charge < -0.3 is 0 Å². The number of rotatable bonds is 5. The minimum atomic E-state index is 0.816. The summed E-state index contributed by atoms with van der Waals surface area (Å²) in [7, 11) is 0. The fraction of sp³-hybridized carbons (Fsp3) is 0.714. The summed E-state index contributed by atoms with van der Waals surface area (Å²) in [4.78, 5) is 0. The molecular formula is C14H24. The van der Waals surface area contributed by atoms with Gasteiger partial charge in [-0.2, -0.15) is 0 Å². The summed E-state index contributed by atoms with van der Waals surface area (Å²) in [5.41, 5.74) is 1.72. The molecule has 0 bridgehead atoms. The van der Waals surface area contributed by atoms with Gasteiger partial charge in [-0.1, -0.05) is 37.6 Å². The second-order valence-electron chi connectivity index (χ2n) is 4.38. The fourth-order valence-corrected chi connectivity index (χ4v) is 2.13. The first-order valence-corrected chi connectivity index (χ1v) is 6.18. The second kappa shape index (κ2) is 6.86. The van der Waals surface area contributed by atoms with Crippen LogP contribution in [-0.2, 0) is 0 Å². The van der Waals surface area contributed by atoms with Crippen LogP contribution in [0.15, 0.2) is 23.8 Å². The van der Waals surface area contributed by atoms with Crippen molar-refractivity contribution in [3.05, 3.63) is 23.8 Å². The van der Waals surface area contributed by atoms with Crippen molar-refractivity contribution >= 4 is 0 Å². The molecule has 1 atom stereocenters. The average molecular weight is 192 g/mol. The van der Waals surface area contributed by atoms with Crippen molar-refractivity contribution in [1.82, 2.24) is 0 Å². The van der Waals surface area contributed by atoms with Crippen molar-refractivity contribution in [3.8, 4) is 0 Å². The SMILES string of the molecule is CCC=CCCC(C)C1=CCCCC1. The van der Waals surface area contributed by atoms with Crippen LogP contribution in [0, 0.1) is 5.92 Å². The van der Waals surface area contributed by atoms with Gasteiger partial charge in [0.15, 0.2) is 0 Å². The minimum Gasteiger partial charge on any atom is -0.0888 e. The van der Waals surface area contributed by atoms with Crippen molar-refractivity contribution in [1.29, 1.82) is 0 Å². The van der Waals surface area contributed by atoms with Gasteiger partial charge in [0.05, 0.1) is 0 Å². The largest absolute Gasteiger partial charge is 0.0888 e. The summed E-state index contributed by atoms with van der Waals surface area (Å²) in [5.74, 6) is 0.816. The average Bonchev–Trinajstić information content (AvgIpc) is 2.25. The topological polar surface area (TPSA) is 0 Å². The Morgan fingerprint density at radius 1 is 1.36 bits per heavy atom. The first kappa shape index (κ1) is 11.6. The molecule has 14 heavy (non-hydrogen) atoms. The lowest BCUT2D eigenvalue weighted by Crippen LogP contribution is -2.02. The highest BCUT2D eigenvalue weighted by atomic mass is 14.2. The first-order valence-electron chi connectivity index (χ1n) is 6.18. The van der Waals surface area contributed by atoms with E-state index in [9.17, 15) is 0 Å². The van der Waals surface area contributed by atoms with Crippen molar-refractivity contribution in [2.24, 2.45) is 5.92 Å². The Balaban J connectivity index is 2.23. The van der Waals surface area contributed by atoms with E-state index >= 15 is 0 Å². The predicted molar refractivity (Wildman–Crippen MR) is 64.4 cm³/mol. The monoisotopic (exact) mass is 192 g/mol. The molecule has 80 valence electrons. The highest BCUT2D eigenvalue weighted by molar-refractivity contribution is 5.08. The Labute approximate surface area is 89.1 Å². The van der Waals surface area contributed by atoms with E-state index in [2.05, 4.69) is 32.1 Å². The quantitative estimate of drug-likeness (QED) is 0.545. The molecule has 1 unspecified atom stereocenters. The lowest BCUT2D eigenvalue weighted by Gasteiger charge is -2.18. The fourth-order valence-electron chi connectivity index (χ4n) is 2.13. The first-order chi connectivity index (χ1) is 6.84. The molecule has 0 aromatic carbocycles. The van der Waals surface area contributed by atoms with E-state index in [-0.39, 0.29) is 0 Å². The maximum atomic E-state index is 2.48. The number of hydrogen-bond acceptors (Lipinski definition) is 0. The minimum absolute atomic E-state index is 0.816. The molecule has 0 aliphatic heterocycles. The molecule has 0 aromatic rings. The summed E-state index contributed by atoms with van der Waals surface area (Å²) in [6, 6.07) is 0. The van der Waals surface area contributed by atoms with Gasteiger partial charge in [0.25, 0.3) is 0 Å². The highest BCUT2D eigenvalue weighted by Crippen LogP contribution is 2.26. The van der Waals surface area contributed by atoms with Crippen LogP contribution in [0.5, 0.6) is 0 Å². The van der Waals surface area contributed by atoms with E-state index in [1.54, 1.807) is 5.57 Å². The summed E-state index contributed by atoms with van der Waals surface area (Å²) < 4.78 is 0. The summed E-state index contributed by atoms with van der Waals surface area (Å²) in [6.07, 6.45) is 16.4. The molecule has 0 fully saturated rings. The third-order valence-corrected chi connectivity index (χ3v) is 3.13. The molecule has 0 radical (unpaired) electrons. The molecule has 0 amide bonds. The van der Waals surface area contributed by atoms with Gasteiger partial charge in [-0.3, -0.25) is 0 Å². The molecule has 1 rings (SSSR count). The maximum Gasteiger partial charge on any atom is -0.0229 e. The van der Waals surface area contributed by atoms with Crippen molar-refractivity contribution in [3.63, 3.8) is 0 Å². The lowest BCUT2D eigenvalue weighted by atomic mass is 9.88. The summed E-state index contributed by atoms with van der Waals surface area (Å²) in [5, 5.41) is 0. The van der Waals surface area contributed by atoms with Gasteiger partial charge >= 0.3 is 0 Å². The Kier molecular flexibility index (Phi) is 5.66. The van der Waals surface area contributed by atoms with E-state index in [4.69, 9.17) is 0 Å². The van der Waals surface area contributed by atoms with Crippen LogP contribution in [0.25, 0.3) is 0 Å². The molecule has 1 aliphatic rings. The molecule has 1 aliphatic carbocycles. The van der Waals surface area contributed by atoms with Crippen molar-refractivity contribution in [2.45, 2.75) is 58.8 Å². The van der Waals surface area contributed by atoms with Crippen molar-refractivity contribution < 1.29 is 0 Å². The smallest absolute Gasteiger partial charge is 0.0229 e. The van der Waals surface area contributed by atoms with Crippen LogP contribution in [0.3, 0.4) is 0 Å². The Morgan fingerprint density at radius 2 is 2.21 bits per heavy atom. The van der Waals surface area contributed by atoms with Crippen LogP contribution in [-0.4, -0.2) is 0 Å². The van der Waals surface area contributed by atoms with Crippen LogP contribution in [0.2, 0.25) is 0 Å². The summed E-state index contributed by atoms with van der Waals surface area (Å²) >= 11 is 0. The van der Waals surface area contributed by atoms with Crippen LogP contribution < -0.4 is 0 Å². The predicted octanol–water partition coefficient (Wildman–Crippen LogP) is 4.87. The number of allylic oxidation sites excluding steroid dienone is 4. The molecule has 0 N–H and O–H groups in total. The van der Waals surface area contributed by atoms with E-state index in [1.165, 1.54) is 44.9 Å². The molecular weight excluding hydrogens is 168 g/mol. The van der Waals surface area contributed by atoms with E-state index in [1.807, 2.05) is 0 Å². The van der Waals surface area contributed by atoms with Crippen LogP contribution >= 0.6 is 0 Å². The molecule has 0 spiro atoms. The van der Waals surface area contributed by atoms with Gasteiger partial charge in [0.1, 0.15) is 0 Å². The van der Waals surface area contributed by atoms with Gasteiger partial charge in [0, 0.05) is 0 Å². The Hall–Kier alpha value is -0.520. The van der Waals surface area contributed by atoms with Gasteiger partial charge in [0.2, 0.25) is 0 Å². The zero-order chi connectivity index (χ0) is 10.2. The normalized spacial score (nSPS) is 19.7. The Bertz CT molecular complexity index is 198. The molecule has 0 nitrogen and oxygen atoms in total. The third kappa shape index (κ3) is 4.13. The van der Waals surface area contributed by atoms with Gasteiger partial charge in [-0.05, 0) is 50.9 Å². The zero-order valence-electron chi connectivity index (χ0n) is 9.76. The van der Waals surface area contributed by atoms with Crippen LogP contribution in [0.4, 0.5) is 0 Å². The summed E-state index contributed by atoms with van der Waals surface area (Å²) in [6.45, 7) is 4.58. The van der Waals surface area contributed by atoms with E-state index in [0.717, 1.165) is 5.92 Å². The number of hydrogen-bond donors (Lipinski definition) is 0. The molecule has 0 saturated heterocycles. The van der Waals surface area contributed by atoms with Crippen LogP contribution in [0.1, 0.15) is 58.8 Å². The Morgan fingerprint density at radius 3 is 2.86 bits per heavy atom.